The van der Waals surface area contributed by atoms with Gasteiger partial charge in [0.1, 0.15) is 5.03 Å². The van der Waals surface area contributed by atoms with Gasteiger partial charge >= 0.3 is 6.18 Å². The van der Waals surface area contributed by atoms with Crippen molar-refractivity contribution in [2.24, 2.45) is 5.92 Å². The Bertz CT molecular complexity index is 828. The molecule has 3 heterocycles. The van der Waals surface area contributed by atoms with Crippen molar-refractivity contribution >= 4 is 11.8 Å². The second-order valence-corrected chi connectivity index (χ2v) is 6.63. The van der Waals surface area contributed by atoms with E-state index < -0.39 is 11.9 Å². The number of nitrogens with zero attached hydrogens (tertiary/aromatic N) is 5. The Hall–Kier alpha value is -2.36. The number of furan rings is 1. The average Bonchev–Trinajstić information content (AvgIpc) is 3.17. The van der Waals surface area contributed by atoms with Crippen LogP contribution in [0.1, 0.15) is 19.5 Å². The summed E-state index contributed by atoms with van der Waals surface area (Å²) >= 11 is 1.10. The highest BCUT2D eigenvalue weighted by molar-refractivity contribution is 7.99. The van der Waals surface area contributed by atoms with Crippen molar-refractivity contribution in [1.82, 2.24) is 25.0 Å². The molecule has 132 valence electrons. The maximum atomic E-state index is 12.6. The lowest BCUT2D eigenvalue weighted by molar-refractivity contribution is -0.141. The summed E-state index contributed by atoms with van der Waals surface area (Å²) in [6, 6.07) is 5.68. The third kappa shape index (κ3) is 4.01. The average molecular weight is 369 g/mol. The Morgan fingerprint density at radius 3 is 2.48 bits per heavy atom. The van der Waals surface area contributed by atoms with Gasteiger partial charge in [-0.15, -0.1) is 20.4 Å². The van der Waals surface area contributed by atoms with Crippen molar-refractivity contribution < 1.29 is 17.6 Å². The monoisotopic (exact) mass is 369 g/mol. The van der Waals surface area contributed by atoms with Crippen LogP contribution in [0, 0.1) is 5.92 Å². The molecule has 25 heavy (non-hydrogen) atoms. The summed E-state index contributed by atoms with van der Waals surface area (Å²) < 4.78 is 44.9. The summed E-state index contributed by atoms with van der Waals surface area (Å²) in [6.07, 6.45) is -2.97. The predicted octanol–water partition coefficient (Wildman–Crippen LogP) is 4.15. The molecule has 0 aliphatic rings. The van der Waals surface area contributed by atoms with Crippen LogP contribution in [0.25, 0.3) is 11.6 Å². The Balaban J connectivity index is 1.89. The van der Waals surface area contributed by atoms with Gasteiger partial charge in [0.15, 0.2) is 22.4 Å². The summed E-state index contributed by atoms with van der Waals surface area (Å²) in [5, 5.41) is 15.9. The van der Waals surface area contributed by atoms with Gasteiger partial charge < -0.3 is 4.42 Å². The minimum Gasteiger partial charge on any atom is -0.461 e. The van der Waals surface area contributed by atoms with Crippen LogP contribution < -0.4 is 0 Å². The molecule has 0 saturated heterocycles. The summed E-state index contributed by atoms with van der Waals surface area (Å²) in [4.78, 5) is 0. The van der Waals surface area contributed by atoms with Crippen molar-refractivity contribution in [1.29, 1.82) is 0 Å². The minimum absolute atomic E-state index is 0.302. The summed E-state index contributed by atoms with van der Waals surface area (Å²) in [5.41, 5.74) is -1.03. The van der Waals surface area contributed by atoms with E-state index in [0.717, 1.165) is 17.8 Å². The molecule has 0 unspecified atom stereocenters. The fourth-order valence-electron chi connectivity index (χ4n) is 2.10. The van der Waals surface area contributed by atoms with Crippen molar-refractivity contribution in [3.63, 3.8) is 0 Å². The molecule has 0 radical (unpaired) electrons. The maximum absolute atomic E-state index is 12.6. The number of halogens is 3. The third-order valence-corrected chi connectivity index (χ3v) is 4.04. The highest BCUT2D eigenvalue weighted by Gasteiger charge is 2.33. The maximum Gasteiger partial charge on any atom is 0.435 e. The Kier molecular flexibility index (Phi) is 4.80. The van der Waals surface area contributed by atoms with Crippen molar-refractivity contribution in [3.8, 4) is 11.6 Å². The van der Waals surface area contributed by atoms with E-state index >= 15 is 0 Å². The molecule has 0 bridgehead atoms. The Morgan fingerprint density at radius 1 is 1.12 bits per heavy atom. The first-order chi connectivity index (χ1) is 11.8. The van der Waals surface area contributed by atoms with E-state index in [0.29, 0.717) is 34.2 Å². The van der Waals surface area contributed by atoms with Gasteiger partial charge in [-0.2, -0.15) is 13.2 Å². The van der Waals surface area contributed by atoms with Crippen molar-refractivity contribution in [2.75, 3.05) is 0 Å². The normalized spacial score (nSPS) is 12.1. The molecule has 3 aromatic rings. The van der Waals surface area contributed by atoms with Gasteiger partial charge in [0.25, 0.3) is 0 Å². The summed E-state index contributed by atoms with van der Waals surface area (Å²) in [5.74, 6) is 1.43. The molecule has 0 amide bonds. The van der Waals surface area contributed by atoms with Crippen LogP contribution in [0.3, 0.4) is 0 Å². The number of rotatable bonds is 5. The number of hydrogen-bond acceptors (Lipinski definition) is 6. The molecule has 10 heteroatoms. The molecule has 0 aliphatic carbocycles. The van der Waals surface area contributed by atoms with Crippen LogP contribution in [0.15, 0.2) is 45.1 Å². The standard InChI is InChI=1S/C15H14F3N5OS/c1-9(2)8-23-13(10-4-3-7-24-10)21-22-14(23)25-12-6-5-11(19-20-12)15(16,17)18/h3-7,9H,8H2,1-2H3. The van der Waals surface area contributed by atoms with Gasteiger partial charge in [-0.3, -0.25) is 4.57 Å². The molecular formula is C15H14F3N5OS. The lowest BCUT2D eigenvalue weighted by Crippen LogP contribution is -2.09. The first-order valence-electron chi connectivity index (χ1n) is 7.40. The van der Waals surface area contributed by atoms with Crippen LogP contribution in [0.4, 0.5) is 13.2 Å². The molecule has 0 aromatic carbocycles. The fraction of sp³-hybridized carbons (Fsp3) is 0.333. The highest BCUT2D eigenvalue weighted by atomic mass is 32.2. The lowest BCUT2D eigenvalue weighted by atomic mass is 10.2. The molecule has 0 atom stereocenters. The Morgan fingerprint density at radius 2 is 1.92 bits per heavy atom. The molecule has 0 fully saturated rings. The second-order valence-electron chi connectivity index (χ2n) is 5.64. The molecular weight excluding hydrogens is 355 g/mol. The summed E-state index contributed by atoms with van der Waals surface area (Å²) in [6.45, 7) is 4.70. The number of aromatic nitrogens is 5. The zero-order chi connectivity index (χ0) is 18.0. The van der Waals surface area contributed by atoms with Gasteiger partial charge in [0.05, 0.1) is 6.26 Å². The van der Waals surface area contributed by atoms with Crippen molar-refractivity contribution in [2.45, 2.75) is 36.8 Å². The minimum atomic E-state index is -4.51. The van der Waals surface area contributed by atoms with Crippen molar-refractivity contribution in [3.05, 3.63) is 36.2 Å². The Labute approximate surface area is 145 Å². The smallest absolute Gasteiger partial charge is 0.435 e. The second kappa shape index (κ2) is 6.87. The first kappa shape index (κ1) is 17.5. The van der Waals surface area contributed by atoms with Gasteiger partial charge in [0, 0.05) is 6.54 Å². The zero-order valence-corrected chi connectivity index (χ0v) is 14.2. The van der Waals surface area contributed by atoms with Crippen LogP contribution in [0.5, 0.6) is 0 Å². The third-order valence-electron chi connectivity index (χ3n) is 3.13. The molecule has 0 spiro atoms. The van der Waals surface area contributed by atoms with Crippen LogP contribution >= 0.6 is 11.8 Å². The summed E-state index contributed by atoms with van der Waals surface area (Å²) in [7, 11) is 0. The number of hydrogen-bond donors (Lipinski definition) is 0. The van der Waals surface area contributed by atoms with E-state index in [9.17, 15) is 13.2 Å². The van der Waals surface area contributed by atoms with E-state index in [2.05, 4.69) is 20.4 Å². The largest absolute Gasteiger partial charge is 0.461 e. The van der Waals surface area contributed by atoms with E-state index in [-0.39, 0.29) is 0 Å². The van der Waals surface area contributed by atoms with Gasteiger partial charge in [0.2, 0.25) is 0 Å². The van der Waals surface area contributed by atoms with Crippen LogP contribution in [0.2, 0.25) is 0 Å². The van der Waals surface area contributed by atoms with Gasteiger partial charge in [-0.25, -0.2) is 0 Å². The highest BCUT2D eigenvalue weighted by Crippen LogP contribution is 2.31. The van der Waals surface area contributed by atoms with Gasteiger partial charge in [-0.05, 0) is 41.9 Å². The SMILES string of the molecule is CC(C)Cn1c(Sc2ccc(C(F)(F)F)nn2)nnc1-c1ccco1. The lowest BCUT2D eigenvalue weighted by Gasteiger charge is -2.11. The predicted molar refractivity (Wildman–Crippen MR) is 83.7 cm³/mol. The fourth-order valence-corrected chi connectivity index (χ4v) is 2.86. The van der Waals surface area contributed by atoms with E-state index in [1.165, 1.54) is 12.3 Å². The van der Waals surface area contributed by atoms with Crippen LogP contribution in [-0.4, -0.2) is 25.0 Å². The zero-order valence-electron chi connectivity index (χ0n) is 13.4. The van der Waals surface area contributed by atoms with E-state index in [1.807, 2.05) is 18.4 Å². The van der Waals surface area contributed by atoms with E-state index in [1.54, 1.807) is 12.1 Å². The number of alkyl halides is 3. The quantitative estimate of drug-likeness (QED) is 0.673. The molecule has 0 saturated carbocycles. The van der Waals surface area contributed by atoms with Crippen LogP contribution in [-0.2, 0) is 12.7 Å². The molecule has 0 N–H and O–H groups in total. The first-order valence-corrected chi connectivity index (χ1v) is 8.22. The van der Waals surface area contributed by atoms with E-state index in [4.69, 9.17) is 4.42 Å². The molecule has 0 aliphatic heterocycles. The van der Waals surface area contributed by atoms with Gasteiger partial charge in [-0.1, -0.05) is 13.8 Å². The molecule has 3 aromatic heterocycles. The topological polar surface area (TPSA) is 69.6 Å². The molecule has 6 nitrogen and oxygen atoms in total. The molecule has 3 rings (SSSR count).